The zero-order valence-electron chi connectivity index (χ0n) is 12.9. The number of rotatable bonds is 2. The Bertz CT molecular complexity index is 1290. The molecule has 10 heteroatoms. The molecule has 0 saturated carbocycles. The van der Waals surface area contributed by atoms with Crippen molar-refractivity contribution in [2.75, 3.05) is 0 Å². The topological polar surface area (TPSA) is 118 Å². The molecular weight excluding hydrogens is 348 g/mol. The van der Waals surface area contributed by atoms with Gasteiger partial charge in [-0.2, -0.15) is 5.10 Å². The van der Waals surface area contributed by atoms with Crippen LogP contribution >= 0.6 is 11.6 Å². The Morgan fingerprint density at radius 1 is 1.24 bits per heavy atom. The van der Waals surface area contributed by atoms with Crippen molar-refractivity contribution in [3.63, 3.8) is 0 Å². The first-order valence-corrected chi connectivity index (χ1v) is 7.69. The van der Waals surface area contributed by atoms with E-state index >= 15 is 0 Å². The molecule has 1 unspecified atom stereocenters. The number of aromatic nitrogens is 6. The lowest BCUT2D eigenvalue weighted by atomic mass is 10.1. The number of benzene rings is 1. The molecule has 3 aromatic heterocycles. The van der Waals surface area contributed by atoms with Crippen LogP contribution in [0.15, 0.2) is 45.2 Å². The molecule has 126 valence electrons. The van der Waals surface area contributed by atoms with Crippen LogP contribution in [0, 0.1) is 0 Å². The Morgan fingerprint density at radius 2 is 2.04 bits per heavy atom. The van der Waals surface area contributed by atoms with Gasteiger partial charge in [-0.15, -0.1) is 0 Å². The van der Waals surface area contributed by atoms with Crippen molar-refractivity contribution in [2.24, 2.45) is 0 Å². The average molecular weight is 359 g/mol. The van der Waals surface area contributed by atoms with Crippen LogP contribution in [0.4, 0.5) is 0 Å². The zero-order chi connectivity index (χ0) is 17.7. The quantitative estimate of drug-likeness (QED) is 0.515. The van der Waals surface area contributed by atoms with Gasteiger partial charge >= 0.3 is 0 Å². The summed E-state index contributed by atoms with van der Waals surface area (Å²) in [7, 11) is 0. The molecule has 4 aromatic rings. The summed E-state index contributed by atoms with van der Waals surface area (Å²) in [6.45, 7) is 1.65. The minimum absolute atomic E-state index is 0.0909. The molecule has 0 bridgehead atoms. The molecule has 0 saturated heterocycles. The molecule has 9 nitrogen and oxygen atoms in total. The van der Waals surface area contributed by atoms with Gasteiger partial charge in [0.05, 0.1) is 5.52 Å². The van der Waals surface area contributed by atoms with Crippen molar-refractivity contribution in [3.05, 3.63) is 66.8 Å². The van der Waals surface area contributed by atoms with Gasteiger partial charge in [-0.25, -0.2) is 14.3 Å². The van der Waals surface area contributed by atoms with E-state index in [2.05, 4.69) is 20.2 Å². The summed E-state index contributed by atoms with van der Waals surface area (Å²) < 4.78 is 2.44. The second kappa shape index (κ2) is 5.42. The van der Waals surface area contributed by atoms with Crippen molar-refractivity contribution in [1.29, 1.82) is 0 Å². The Kier molecular flexibility index (Phi) is 3.32. The van der Waals surface area contributed by atoms with Crippen molar-refractivity contribution >= 4 is 33.4 Å². The lowest BCUT2D eigenvalue weighted by Gasteiger charge is -2.15. The first-order chi connectivity index (χ1) is 12.0. The Balaban J connectivity index is 2.12. The third-order valence-corrected chi connectivity index (χ3v) is 4.27. The summed E-state index contributed by atoms with van der Waals surface area (Å²) in [5, 5.41) is 6.89. The number of nitrogens with zero attached hydrogens (tertiary/aromatic N) is 4. The van der Waals surface area contributed by atoms with Crippen LogP contribution in [0.1, 0.15) is 13.1 Å². The minimum atomic E-state index is -0.660. The Hall–Kier alpha value is -3.20. The van der Waals surface area contributed by atoms with Gasteiger partial charge in [0.25, 0.3) is 11.1 Å². The molecule has 0 amide bonds. The zero-order valence-corrected chi connectivity index (χ0v) is 13.6. The number of nitrogens with one attached hydrogen (secondary N) is 2. The van der Waals surface area contributed by atoms with Gasteiger partial charge in [0.2, 0.25) is 5.43 Å². The molecule has 2 N–H and O–H groups in total. The lowest BCUT2D eigenvalue weighted by molar-refractivity contribution is 0.373. The molecule has 0 aliphatic rings. The van der Waals surface area contributed by atoms with E-state index < -0.39 is 22.7 Å². The highest BCUT2D eigenvalue weighted by Crippen LogP contribution is 2.16. The van der Waals surface area contributed by atoms with E-state index in [0.717, 1.165) is 4.68 Å². The van der Waals surface area contributed by atoms with Gasteiger partial charge in [0.15, 0.2) is 0 Å². The van der Waals surface area contributed by atoms with Crippen LogP contribution in [0.5, 0.6) is 0 Å². The van der Waals surface area contributed by atoms with E-state index in [9.17, 15) is 14.4 Å². The highest BCUT2D eigenvalue weighted by Gasteiger charge is 2.18. The number of pyridine rings is 1. The summed E-state index contributed by atoms with van der Waals surface area (Å²) >= 11 is 5.93. The number of hydrogen-bond donors (Lipinski definition) is 2. The van der Waals surface area contributed by atoms with E-state index in [1.807, 2.05) is 0 Å². The number of H-pyrrole nitrogens is 2. The maximum Gasteiger partial charge on any atom is 0.287 e. The molecule has 4 rings (SSSR count). The molecule has 3 heterocycles. The van der Waals surface area contributed by atoms with Gasteiger partial charge in [0, 0.05) is 10.4 Å². The Labute approximate surface area is 143 Å². The molecular formula is C15H11ClN6O3. The van der Waals surface area contributed by atoms with Gasteiger partial charge in [-0.3, -0.25) is 19.5 Å². The predicted octanol–water partition coefficient (Wildman–Crippen LogP) is 0.843. The van der Waals surface area contributed by atoms with Crippen molar-refractivity contribution in [2.45, 2.75) is 13.1 Å². The maximum absolute atomic E-state index is 12.8. The summed E-state index contributed by atoms with van der Waals surface area (Å²) in [6.07, 6.45) is 2.06. The predicted molar refractivity (Wildman–Crippen MR) is 92.1 cm³/mol. The number of hydrogen-bond acceptors (Lipinski definition) is 5. The molecule has 1 atom stereocenters. The third kappa shape index (κ3) is 2.28. The van der Waals surface area contributed by atoms with E-state index in [1.54, 1.807) is 13.0 Å². The molecule has 25 heavy (non-hydrogen) atoms. The van der Waals surface area contributed by atoms with Gasteiger partial charge in [-0.05, 0) is 25.1 Å². The van der Waals surface area contributed by atoms with Gasteiger partial charge < -0.3 is 4.98 Å². The lowest BCUT2D eigenvalue weighted by Crippen LogP contribution is -2.37. The number of aromatic amines is 2. The van der Waals surface area contributed by atoms with Crippen LogP contribution in [0.3, 0.4) is 0 Å². The highest BCUT2D eigenvalue weighted by molar-refractivity contribution is 6.31. The first kappa shape index (κ1) is 15.3. The van der Waals surface area contributed by atoms with Crippen LogP contribution in [0.25, 0.3) is 21.8 Å². The summed E-state index contributed by atoms with van der Waals surface area (Å²) in [5.41, 5.74) is -1.46. The summed E-state index contributed by atoms with van der Waals surface area (Å²) in [6, 6.07) is 4.59. The Morgan fingerprint density at radius 3 is 2.76 bits per heavy atom. The van der Waals surface area contributed by atoms with Crippen LogP contribution in [0.2, 0.25) is 5.02 Å². The SMILES string of the molecule is CC(n1cncn1)n1[nH]c(=O)c2[nH]c3cc(Cl)ccc3c(=O)c2c1=O. The molecule has 1 aromatic carbocycles. The third-order valence-electron chi connectivity index (χ3n) is 4.04. The fourth-order valence-corrected chi connectivity index (χ4v) is 2.94. The molecule has 0 fully saturated rings. The van der Waals surface area contributed by atoms with Crippen molar-refractivity contribution in [3.8, 4) is 0 Å². The second-order valence-electron chi connectivity index (χ2n) is 5.52. The largest absolute Gasteiger partial charge is 0.350 e. The van der Waals surface area contributed by atoms with Gasteiger partial charge in [-0.1, -0.05) is 11.6 Å². The summed E-state index contributed by atoms with van der Waals surface area (Å²) in [5.74, 6) is 0. The summed E-state index contributed by atoms with van der Waals surface area (Å²) in [4.78, 5) is 44.7. The standard InChI is InChI=1S/C15H11ClN6O3/c1-7(21-6-17-5-18-21)22-15(25)11-12(14(24)20-22)19-10-4-8(16)2-3-9(10)13(11)23/h2-7H,1H3,(H,19,23)(H,20,24). The van der Waals surface area contributed by atoms with Crippen LogP contribution in [-0.2, 0) is 0 Å². The fourth-order valence-electron chi connectivity index (χ4n) is 2.77. The number of fused-ring (bicyclic) bond motifs is 2. The first-order valence-electron chi connectivity index (χ1n) is 7.31. The van der Waals surface area contributed by atoms with Gasteiger partial charge in [0.1, 0.15) is 29.7 Å². The fraction of sp³-hybridized carbons (Fsp3) is 0.133. The van der Waals surface area contributed by atoms with E-state index in [0.29, 0.717) is 10.5 Å². The monoisotopic (exact) mass is 358 g/mol. The van der Waals surface area contributed by atoms with Crippen molar-refractivity contribution in [1.82, 2.24) is 29.5 Å². The normalized spacial score (nSPS) is 12.7. The van der Waals surface area contributed by atoms with E-state index in [4.69, 9.17) is 11.6 Å². The maximum atomic E-state index is 12.8. The van der Waals surface area contributed by atoms with Crippen LogP contribution in [-0.4, -0.2) is 29.5 Å². The molecule has 0 aliphatic heterocycles. The van der Waals surface area contributed by atoms with E-state index in [-0.39, 0.29) is 16.3 Å². The van der Waals surface area contributed by atoms with Crippen LogP contribution < -0.4 is 16.5 Å². The molecule has 0 spiro atoms. The number of halogens is 1. The molecule has 0 aliphatic carbocycles. The second-order valence-corrected chi connectivity index (χ2v) is 5.95. The van der Waals surface area contributed by atoms with E-state index in [1.165, 1.54) is 29.5 Å². The minimum Gasteiger partial charge on any atom is -0.350 e. The highest BCUT2D eigenvalue weighted by atomic mass is 35.5. The van der Waals surface area contributed by atoms with Crippen molar-refractivity contribution < 1.29 is 0 Å². The molecule has 0 radical (unpaired) electrons. The average Bonchev–Trinajstić information content (AvgIpc) is 3.11. The smallest absolute Gasteiger partial charge is 0.287 e.